The summed E-state index contributed by atoms with van der Waals surface area (Å²) < 4.78 is 7.34. The molecule has 0 atom stereocenters. The van der Waals surface area contributed by atoms with Crippen LogP contribution in [0.3, 0.4) is 0 Å². The van der Waals surface area contributed by atoms with Gasteiger partial charge in [0.05, 0.1) is 16.8 Å². The number of rotatable bonds is 5. The first-order chi connectivity index (χ1) is 14.0. The average molecular weight is 388 g/mol. The molecule has 0 aliphatic heterocycles. The molecule has 0 saturated heterocycles. The standard InChI is InChI=1S/C21H16N4O4/c1-25-19-10-7-13(11-18(19)23-24-25)20(26)22-17-12-15(8-9-16(17)21(27)28)29-14-5-3-2-4-6-14/h2-12H,1H3,(H,22,26)(H,27,28). The Morgan fingerprint density at radius 2 is 1.79 bits per heavy atom. The smallest absolute Gasteiger partial charge is 0.337 e. The van der Waals surface area contributed by atoms with Gasteiger partial charge in [0, 0.05) is 18.7 Å². The van der Waals surface area contributed by atoms with E-state index in [9.17, 15) is 14.7 Å². The summed E-state index contributed by atoms with van der Waals surface area (Å²) in [5.41, 5.74) is 1.78. The van der Waals surface area contributed by atoms with Crippen molar-refractivity contribution in [1.29, 1.82) is 0 Å². The number of hydrogen-bond donors (Lipinski definition) is 2. The number of para-hydroxylation sites is 1. The number of carbonyl (C=O) groups is 2. The highest BCUT2D eigenvalue weighted by atomic mass is 16.5. The molecule has 0 spiro atoms. The Labute approximate surface area is 165 Å². The van der Waals surface area contributed by atoms with Gasteiger partial charge in [0.1, 0.15) is 17.0 Å². The van der Waals surface area contributed by atoms with Crippen LogP contribution in [0.5, 0.6) is 11.5 Å². The normalized spacial score (nSPS) is 10.7. The summed E-state index contributed by atoms with van der Waals surface area (Å²) in [6.07, 6.45) is 0. The van der Waals surface area contributed by atoms with Gasteiger partial charge in [-0.3, -0.25) is 4.79 Å². The number of anilines is 1. The second-order valence-electron chi connectivity index (χ2n) is 6.30. The average Bonchev–Trinajstić information content (AvgIpc) is 3.09. The lowest BCUT2D eigenvalue weighted by molar-refractivity contribution is 0.0698. The largest absolute Gasteiger partial charge is 0.478 e. The van der Waals surface area contributed by atoms with Crippen LogP contribution in [-0.2, 0) is 7.05 Å². The second-order valence-corrected chi connectivity index (χ2v) is 6.30. The fourth-order valence-corrected chi connectivity index (χ4v) is 2.88. The quantitative estimate of drug-likeness (QED) is 0.540. The van der Waals surface area contributed by atoms with Crippen LogP contribution in [0.4, 0.5) is 5.69 Å². The van der Waals surface area contributed by atoms with Crippen molar-refractivity contribution in [1.82, 2.24) is 15.0 Å². The van der Waals surface area contributed by atoms with E-state index < -0.39 is 11.9 Å². The molecule has 29 heavy (non-hydrogen) atoms. The second kappa shape index (κ2) is 7.43. The third kappa shape index (κ3) is 3.77. The van der Waals surface area contributed by atoms with E-state index in [2.05, 4.69) is 15.6 Å². The van der Waals surface area contributed by atoms with Gasteiger partial charge < -0.3 is 15.2 Å². The molecule has 0 bridgehead atoms. The zero-order chi connectivity index (χ0) is 20.4. The number of aromatic carboxylic acids is 1. The zero-order valence-corrected chi connectivity index (χ0v) is 15.4. The Morgan fingerprint density at radius 3 is 2.55 bits per heavy atom. The van der Waals surface area contributed by atoms with Gasteiger partial charge in [0.25, 0.3) is 5.91 Å². The Bertz CT molecular complexity index is 1220. The Kier molecular flexibility index (Phi) is 4.66. The molecule has 4 aromatic rings. The molecule has 0 fully saturated rings. The first kappa shape index (κ1) is 18.2. The van der Waals surface area contributed by atoms with Crippen LogP contribution in [0.25, 0.3) is 11.0 Å². The summed E-state index contributed by atoms with van der Waals surface area (Å²) >= 11 is 0. The van der Waals surface area contributed by atoms with Gasteiger partial charge in [-0.2, -0.15) is 0 Å². The minimum Gasteiger partial charge on any atom is -0.478 e. The molecule has 2 N–H and O–H groups in total. The molecule has 3 aromatic carbocycles. The van der Waals surface area contributed by atoms with Crippen molar-refractivity contribution in [3.05, 3.63) is 77.9 Å². The van der Waals surface area contributed by atoms with Gasteiger partial charge in [-0.05, 0) is 42.5 Å². The minimum absolute atomic E-state index is 0.0423. The minimum atomic E-state index is -1.16. The van der Waals surface area contributed by atoms with Crippen LogP contribution in [0.1, 0.15) is 20.7 Å². The molecule has 1 aromatic heterocycles. The maximum Gasteiger partial charge on any atom is 0.337 e. The van der Waals surface area contributed by atoms with Crippen molar-refractivity contribution in [3.8, 4) is 11.5 Å². The number of ether oxygens (including phenoxy) is 1. The first-order valence-electron chi connectivity index (χ1n) is 8.72. The molecule has 4 rings (SSSR count). The molecule has 8 nitrogen and oxygen atoms in total. The number of aromatic nitrogens is 3. The number of carboxylic acid groups (broad SMARTS) is 1. The summed E-state index contributed by atoms with van der Waals surface area (Å²) in [6, 6.07) is 18.4. The van der Waals surface area contributed by atoms with E-state index in [1.165, 1.54) is 18.2 Å². The highest BCUT2D eigenvalue weighted by Crippen LogP contribution is 2.27. The van der Waals surface area contributed by atoms with Gasteiger partial charge in [-0.15, -0.1) is 5.10 Å². The Hall–Kier alpha value is -4.20. The molecule has 0 unspecified atom stereocenters. The lowest BCUT2D eigenvalue weighted by Crippen LogP contribution is -2.15. The molecule has 8 heteroatoms. The number of aryl methyl sites for hydroxylation is 1. The van der Waals surface area contributed by atoms with Crippen molar-refractivity contribution in [3.63, 3.8) is 0 Å². The third-order valence-corrected chi connectivity index (χ3v) is 4.32. The lowest BCUT2D eigenvalue weighted by atomic mass is 10.1. The maximum absolute atomic E-state index is 12.7. The van der Waals surface area contributed by atoms with Crippen molar-refractivity contribution in [2.75, 3.05) is 5.32 Å². The van der Waals surface area contributed by atoms with Crippen molar-refractivity contribution in [2.45, 2.75) is 0 Å². The number of amides is 1. The maximum atomic E-state index is 12.7. The molecule has 144 valence electrons. The summed E-state index contributed by atoms with van der Waals surface area (Å²) in [6.45, 7) is 0. The third-order valence-electron chi connectivity index (χ3n) is 4.32. The highest BCUT2D eigenvalue weighted by molar-refractivity contribution is 6.09. The van der Waals surface area contributed by atoms with Crippen LogP contribution < -0.4 is 10.1 Å². The fourth-order valence-electron chi connectivity index (χ4n) is 2.88. The van der Waals surface area contributed by atoms with E-state index in [0.29, 0.717) is 22.6 Å². The number of carboxylic acids is 1. The first-order valence-corrected chi connectivity index (χ1v) is 8.72. The van der Waals surface area contributed by atoms with Gasteiger partial charge in [0.15, 0.2) is 0 Å². The number of nitrogens with zero attached hydrogens (tertiary/aromatic N) is 3. The Morgan fingerprint density at radius 1 is 1.00 bits per heavy atom. The van der Waals surface area contributed by atoms with Crippen LogP contribution in [-0.4, -0.2) is 32.0 Å². The summed E-state index contributed by atoms with van der Waals surface area (Å²) in [4.78, 5) is 24.3. The zero-order valence-electron chi connectivity index (χ0n) is 15.4. The van der Waals surface area contributed by atoms with E-state index in [4.69, 9.17) is 4.74 Å². The van der Waals surface area contributed by atoms with Gasteiger partial charge in [-0.1, -0.05) is 23.4 Å². The number of carbonyl (C=O) groups excluding carboxylic acids is 1. The molecule has 1 heterocycles. The van der Waals surface area contributed by atoms with E-state index >= 15 is 0 Å². The molecule has 0 radical (unpaired) electrons. The van der Waals surface area contributed by atoms with Gasteiger partial charge in [0.2, 0.25) is 0 Å². The summed E-state index contributed by atoms with van der Waals surface area (Å²) in [5.74, 6) is -0.616. The summed E-state index contributed by atoms with van der Waals surface area (Å²) in [5, 5.41) is 20.0. The summed E-state index contributed by atoms with van der Waals surface area (Å²) in [7, 11) is 1.76. The van der Waals surface area contributed by atoms with Gasteiger partial charge >= 0.3 is 5.97 Å². The number of benzene rings is 3. The number of nitrogens with one attached hydrogen (secondary N) is 1. The monoisotopic (exact) mass is 388 g/mol. The van der Waals surface area contributed by atoms with Gasteiger partial charge in [-0.25, -0.2) is 9.48 Å². The highest BCUT2D eigenvalue weighted by Gasteiger charge is 2.16. The molecular weight excluding hydrogens is 372 g/mol. The molecule has 0 aliphatic carbocycles. The molecule has 0 aliphatic rings. The topological polar surface area (TPSA) is 106 Å². The van der Waals surface area contributed by atoms with Crippen LogP contribution in [0, 0.1) is 0 Å². The van der Waals surface area contributed by atoms with Crippen molar-refractivity contribution in [2.24, 2.45) is 7.05 Å². The molecule has 1 amide bonds. The predicted molar refractivity (Wildman–Crippen MR) is 106 cm³/mol. The lowest BCUT2D eigenvalue weighted by Gasteiger charge is -2.12. The fraction of sp³-hybridized carbons (Fsp3) is 0.0476. The number of fused-ring (bicyclic) bond motifs is 1. The van der Waals surface area contributed by atoms with E-state index in [1.54, 1.807) is 42.1 Å². The van der Waals surface area contributed by atoms with Crippen LogP contribution >= 0.6 is 0 Å². The van der Waals surface area contributed by atoms with Crippen molar-refractivity contribution >= 4 is 28.6 Å². The Balaban J connectivity index is 1.63. The molecule has 0 saturated carbocycles. The predicted octanol–water partition coefficient (Wildman–Crippen LogP) is 3.71. The van der Waals surface area contributed by atoms with E-state index in [1.807, 2.05) is 18.2 Å². The molecular formula is C21H16N4O4. The SMILES string of the molecule is Cn1nnc2cc(C(=O)Nc3cc(Oc4ccccc4)ccc3C(=O)O)ccc21. The number of hydrogen-bond acceptors (Lipinski definition) is 5. The van der Waals surface area contributed by atoms with Crippen LogP contribution in [0.15, 0.2) is 66.7 Å². The van der Waals surface area contributed by atoms with Crippen molar-refractivity contribution < 1.29 is 19.4 Å². The van der Waals surface area contributed by atoms with E-state index in [-0.39, 0.29) is 11.3 Å². The van der Waals surface area contributed by atoms with Crippen LogP contribution in [0.2, 0.25) is 0 Å². The van der Waals surface area contributed by atoms with E-state index in [0.717, 1.165) is 5.52 Å².